The van der Waals surface area contributed by atoms with Gasteiger partial charge in [0.15, 0.2) is 0 Å². The zero-order chi connectivity index (χ0) is 18.2. The molecule has 1 unspecified atom stereocenters. The average molecular weight is 334 g/mol. The highest BCUT2D eigenvalue weighted by molar-refractivity contribution is 5.87. The molecule has 132 valence electrons. The zero-order valence-electron chi connectivity index (χ0n) is 14.5. The summed E-state index contributed by atoms with van der Waals surface area (Å²) < 4.78 is 0. The van der Waals surface area contributed by atoms with Crippen LogP contribution in [0.15, 0.2) is 30.3 Å². The molecule has 0 radical (unpaired) electrons. The van der Waals surface area contributed by atoms with Crippen molar-refractivity contribution in [3.63, 3.8) is 0 Å². The minimum atomic E-state index is -0.900. The molecular formula is C18H26N2O4. The Bertz CT molecular complexity index is 564. The molecule has 1 aromatic rings. The fraction of sp³-hybridized carbons (Fsp3) is 0.500. The largest absolute Gasteiger partial charge is 0.481 e. The molecule has 2 amide bonds. The number of carboxylic acids is 1. The normalized spacial score (nSPS) is 12.3. The van der Waals surface area contributed by atoms with Gasteiger partial charge in [0.25, 0.3) is 0 Å². The summed E-state index contributed by atoms with van der Waals surface area (Å²) in [6, 6.07) is 9.27. The third-order valence-electron chi connectivity index (χ3n) is 3.49. The van der Waals surface area contributed by atoms with Crippen LogP contribution >= 0.6 is 0 Å². The second-order valence-corrected chi connectivity index (χ2v) is 6.82. The molecule has 0 fully saturated rings. The van der Waals surface area contributed by atoms with Crippen LogP contribution in [-0.4, -0.2) is 35.5 Å². The molecule has 6 heteroatoms. The zero-order valence-corrected chi connectivity index (χ0v) is 14.5. The number of hydrogen-bond donors (Lipinski definition) is 3. The molecule has 1 atom stereocenters. The fourth-order valence-corrected chi connectivity index (χ4v) is 2.13. The third-order valence-corrected chi connectivity index (χ3v) is 3.49. The van der Waals surface area contributed by atoms with Crippen molar-refractivity contribution in [2.24, 2.45) is 5.41 Å². The van der Waals surface area contributed by atoms with Crippen molar-refractivity contribution in [2.75, 3.05) is 6.54 Å². The third kappa shape index (κ3) is 7.76. The van der Waals surface area contributed by atoms with E-state index >= 15 is 0 Å². The topological polar surface area (TPSA) is 95.5 Å². The Hall–Kier alpha value is -2.37. The van der Waals surface area contributed by atoms with E-state index in [9.17, 15) is 14.4 Å². The van der Waals surface area contributed by atoms with Crippen LogP contribution in [0.25, 0.3) is 0 Å². The van der Waals surface area contributed by atoms with Gasteiger partial charge in [-0.25, -0.2) is 0 Å². The lowest BCUT2D eigenvalue weighted by molar-refractivity contribution is -0.137. The lowest BCUT2D eigenvalue weighted by Gasteiger charge is -2.20. The summed E-state index contributed by atoms with van der Waals surface area (Å²) >= 11 is 0. The van der Waals surface area contributed by atoms with Crippen LogP contribution in [0.1, 0.15) is 39.2 Å². The highest BCUT2D eigenvalue weighted by atomic mass is 16.4. The van der Waals surface area contributed by atoms with Gasteiger partial charge < -0.3 is 15.7 Å². The first-order valence-electron chi connectivity index (χ1n) is 8.02. The maximum Gasteiger partial charge on any atom is 0.303 e. The van der Waals surface area contributed by atoms with Gasteiger partial charge >= 0.3 is 5.97 Å². The van der Waals surface area contributed by atoms with E-state index < -0.39 is 11.4 Å². The van der Waals surface area contributed by atoms with Crippen LogP contribution in [0, 0.1) is 5.41 Å². The number of nitrogens with one attached hydrogen (secondary N) is 2. The summed E-state index contributed by atoms with van der Waals surface area (Å²) in [5.74, 6) is -1.43. The minimum Gasteiger partial charge on any atom is -0.481 e. The van der Waals surface area contributed by atoms with Crippen molar-refractivity contribution in [3.8, 4) is 0 Å². The lowest BCUT2D eigenvalue weighted by Crippen LogP contribution is -2.45. The Morgan fingerprint density at radius 1 is 1.12 bits per heavy atom. The first-order chi connectivity index (χ1) is 11.2. The molecule has 0 bridgehead atoms. The van der Waals surface area contributed by atoms with Crippen molar-refractivity contribution in [1.29, 1.82) is 0 Å². The van der Waals surface area contributed by atoms with Gasteiger partial charge in [-0.05, 0) is 18.4 Å². The first-order valence-corrected chi connectivity index (χ1v) is 8.02. The Morgan fingerprint density at radius 2 is 1.75 bits per heavy atom. The number of rotatable bonds is 8. The smallest absolute Gasteiger partial charge is 0.303 e. The molecule has 0 saturated carbocycles. The van der Waals surface area contributed by atoms with E-state index in [-0.39, 0.29) is 30.8 Å². The predicted octanol–water partition coefficient (Wildman–Crippen LogP) is 1.74. The van der Waals surface area contributed by atoms with Gasteiger partial charge in [0.1, 0.15) is 0 Å². The van der Waals surface area contributed by atoms with Crippen LogP contribution in [0.2, 0.25) is 0 Å². The Morgan fingerprint density at radius 3 is 2.29 bits per heavy atom. The molecule has 0 heterocycles. The van der Waals surface area contributed by atoms with Crippen LogP contribution < -0.4 is 10.6 Å². The molecule has 0 aliphatic heterocycles. The van der Waals surface area contributed by atoms with Crippen LogP contribution in [0.3, 0.4) is 0 Å². The van der Waals surface area contributed by atoms with Crippen molar-refractivity contribution in [1.82, 2.24) is 10.6 Å². The van der Waals surface area contributed by atoms with Crippen molar-refractivity contribution >= 4 is 17.8 Å². The number of carbonyl (C=O) groups excluding carboxylic acids is 2. The number of amides is 2. The monoisotopic (exact) mass is 334 g/mol. The van der Waals surface area contributed by atoms with E-state index in [0.717, 1.165) is 5.56 Å². The van der Waals surface area contributed by atoms with Gasteiger partial charge in [0.05, 0.1) is 6.54 Å². The predicted molar refractivity (Wildman–Crippen MR) is 91.4 cm³/mol. The molecule has 0 spiro atoms. The highest BCUT2D eigenvalue weighted by Crippen LogP contribution is 2.12. The van der Waals surface area contributed by atoms with E-state index in [1.54, 1.807) is 20.8 Å². The molecule has 0 aliphatic rings. The van der Waals surface area contributed by atoms with Crippen LogP contribution in [0.5, 0.6) is 0 Å². The second kappa shape index (κ2) is 9.05. The molecular weight excluding hydrogens is 308 g/mol. The summed E-state index contributed by atoms with van der Waals surface area (Å²) in [5, 5.41) is 14.3. The SMILES string of the molecule is CC(C)(C)C(=O)NCC(=O)NC(CCC(=O)O)Cc1ccccc1. The van der Waals surface area contributed by atoms with E-state index in [1.807, 2.05) is 30.3 Å². The second-order valence-electron chi connectivity index (χ2n) is 6.82. The van der Waals surface area contributed by atoms with Gasteiger partial charge in [-0.3, -0.25) is 14.4 Å². The molecule has 0 aromatic heterocycles. The minimum absolute atomic E-state index is 0.0217. The summed E-state index contributed by atoms with van der Waals surface area (Å²) in [6.45, 7) is 5.19. The summed E-state index contributed by atoms with van der Waals surface area (Å²) in [5.41, 5.74) is 0.458. The number of carbonyl (C=O) groups is 3. The molecule has 1 aromatic carbocycles. The first kappa shape index (κ1) is 19.7. The molecule has 6 nitrogen and oxygen atoms in total. The standard InChI is InChI=1S/C18H26N2O4/c1-18(2,3)17(24)19-12-15(21)20-14(9-10-16(22)23)11-13-7-5-4-6-8-13/h4-8,14H,9-12H2,1-3H3,(H,19,24)(H,20,21)(H,22,23). The molecule has 0 aliphatic carbocycles. The molecule has 0 saturated heterocycles. The summed E-state index contributed by atoms with van der Waals surface area (Å²) in [6.07, 6.45) is 0.863. The van der Waals surface area contributed by atoms with E-state index in [2.05, 4.69) is 10.6 Å². The van der Waals surface area contributed by atoms with E-state index in [1.165, 1.54) is 0 Å². The Labute approximate surface area is 142 Å². The number of carboxylic acid groups (broad SMARTS) is 1. The maximum absolute atomic E-state index is 12.0. The molecule has 1 rings (SSSR count). The van der Waals surface area contributed by atoms with Gasteiger partial charge in [-0.2, -0.15) is 0 Å². The molecule has 3 N–H and O–H groups in total. The van der Waals surface area contributed by atoms with Gasteiger partial charge in [-0.1, -0.05) is 51.1 Å². The lowest BCUT2D eigenvalue weighted by atomic mass is 9.96. The van der Waals surface area contributed by atoms with Gasteiger partial charge in [0.2, 0.25) is 11.8 Å². The number of aliphatic carboxylic acids is 1. The van der Waals surface area contributed by atoms with Gasteiger partial charge in [0, 0.05) is 17.9 Å². The van der Waals surface area contributed by atoms with Gasteiger partial charge in [-0.15, -0.1) is 0 Å². The van der Waals surface area contributed by atoms with Crippen molar-refractivity contribution in [2.45, 2.75) is 46.1 Å². The average Bonchev–Trinajstić information content (AvgIpc) is 2.50. The Kier molecular flexibility index (Phi) is 7.42. The van der Waals surface area contributed by atoms with E-state index in [4.69, 9.17) is 5.11 Å². The van der Waals surface area contributed by atoms with E-state index in [0.29, 0.717) is 12.8 Å². The number of benzene rings is 1. The van der Waals surface area contributed by atoms with Crippen molar-refractivity contribution in [3.05, 3.63) is 35.9 Å². The summed E-state index contributed by atoms with van der Waals surface area (Å²) in [7, 11) is 0. The van der Waals surface area contributed by atoms with Crippen molar-refractivity contribution < 1.29 is 19.5 Å². The van der Waals surface area contributed by atoms with Crippen LogP contribution in [0.4, 0.5) is 0 Å². The Balaban J connectivity index is 2.58. The summed E-state index contributed by atoms with van der Waals surface area (Å²) in [4.78, 5) is 34.6. The highest BCUT2D eigenvalue weighted by Gasteiger charge is 2.22. The molecule has 24 heavy (non-hydrogen) atoms. The van der Waals surface area contributed by atoms with Crippen LogP contribution in [-0.2, 0) is 20.8 Å². The number of hydrogen-bond acceptors (Lipinski definition) is 3. The quantitative estimate of drug-likeness (QED) is 0.675. The maximum atomic E-state index is 12.0. The fourth-order valence-electron chi connectivity index (χ4n) is 2.13.